The van der Waals surface area contributed by atoms with Gasteiger partial charge >= 0.3 is 0 Å². The Bertz CT molecular complexity index is 647. The van der Waals surface area contributed by atoms with Gasteiger partial charge in [0.2, 0.25) is 0 Å². The van der Waals surface area contributed by atoms with Gasteiger partial charge in [-0.25, -0.2) is 4.39 Å². The quantitative estimate of drug-likeness (QED) is 0.735. The first-order chi connectivity index (χ1) is 12.2. The van der Waals surface area contributed by atoms with Crippen LogP contribution in [-0.4, -0.2) is 44.6 Å². The Labute approximate surface area is 154 Å². The maximum Gasteiger partial charge on any atom is 0.146 e. The van der Waals surface area contributed by atoms with E-state index in [2.05, 4.69) is 29.7 Å². The van der Waals surface area contributed by atoms with Gasteiger partial charge in [-0.3, -0.25) is 0 Å². The normalized spacial score (nSPS) is 16.8. The first-order valence-corrected chi connectivity index (χ1v) is 9.37. The van der Waals surface area contributed by atoms with Crippen LogP contribution in [0.2, 0.25) is 0 Å². The molecule has 0 saturated carbocycles. The molecule has 3 rings (SSSR count). The van der Waals surface area contributed by atoms with Crippen molar-refractivity contribution in [2.45, 2.75) is 11.9 Å². The highest BCUT2D eigenvalue weighted by atomic mass is 32.1. The number of nitrogens with zero attached hydrogens (tertiary/aromatic N) is 1. The molecule has 1 atom stereocenters. The van der Waals surface area contributed by atoms with Crippen molar-refractivity contribution >= 4 is 18.3 Å². The van der Waals surface area contributed by atoms with Gasteiger partial charge in [-0.2, -0.15) is 12.6 Å². The molecule has 25 heavy (non-hydrogen) atoms. The Morgan fingerprint density at radius 3 is 2.44 bits per heavy atom. The Balaban J connectivity index is 1.38. The number of thiol groups is 1. The molecule has 2 aromatic rings. The second-order valence-corrected chi connectivity index (χ2v) is 7.28. The average Bonchev–Trinajstić information content (AvgIpc) is 2.64. The van der Waals surface area contributed by atoms with Crippen LogP contribution in [0.5, 0.6) is 0 Å². The summed E-state index contributed by atoms with van der Waals surface area (Å²) in [6.07, 6.45) is 0. The summed E-state index contributed by atoms with van der Waals surface area (Å²) >= 11 is 4.68. The second-order valence-electron chi connectivity index (χ2n) is 6.55. The van der Waals surface area contributed by atoms with Crippen LogP contribution in [0.1, 0.15) is 5.56 Å². The van der Waals surface area contributed by atoms with Crippen molar-refractivity contribution in [1.29, 1.82) is 0 Å². The summed E-state index contributed by atoms with van der Waals surface area (Å²) in [7, 11) is 0. The summed E-state index contributed by atoms with van der Waals surface area (Å²) in [6.45, 7) is 6.02. The summed E-state index contributed by atoms with van der Waals surface area (Å²) in [5.41, 5.74) is 1.91. The summed E-state index contributed by atoms with van der Waals surface area (Å²) in [6, 6.07) is 17.2. The van der Waals surface area contributed by atoms with Crippen molar-refractivity contribution in [3.05, 3.63) is 66.0 Å². The lowest BCUT2D eigenvalue weighted by Crippen LogP contribution is -3.15. The molecule has 0 radical (unpaired) electrons. The van der Waals surface area contributed by atoms with Crippen molar-refractivity contribution in [3.63, 3.8) is 0 Å². The molecule has 0 unspecified atom stereocenters. The Morgan fingerprint density at radius 1 is 1.04 bits per heavy atom. The number of hydrogen-bond donors (Lipinski definition) is 2. The van der Waals surface area contributed by atoms with E-state index in [1.54, 1.807) is 6.07 Å². The van der Waals surface area contributed by atoms with E-state index in [0.717, 1.165) is 38.4 Å². The molecule has 1 aliphatic rings. The Hall–Kier alpha value is -1.56. The van der Waals surface area contributed by atoms with Gasteiger partial charge in [-0.1, -0.05) is 42.5 Å². The van der Waals surface area contributed by atoms with Crippen LogP contribution >= 0.6 is 12.6 Å². The third kappa shape index (κ3) is 5.46. The predicted octanol–water partition coefficient (Wildman–Crippen LogP) is 2.05. The predicted molar refractivity (Wildman–Crippen MR) is 103 cm³/mol. The summed E-state index contributed by atoms with van der Waals surface area (Å²) in [5, 5.41) is 0.221. The maximum atomic E-state index is 13.9. The molecule has 1 fully saturated rings. The number of para-hydroxylation sites is 1. The van der Waals surface area contributed by atoms with E-state index in [9.17, 15) is 4.39 Å². The highest BCUT2D eigenvalue weighted by molar-refractivity contribution is 7.81. The highest BCUT2D eigenvalue weighted by Crippen LogP contribution is 2.18. The van der Waals surface area contributed by atoms with Crippen LogP contribution in [-0.2, 0) is 11.3 Å². The zero-order chi connectivity index (χ0) is 17.5. The van der Waals surface area contributed by atoms with E-state index in [0.29, 0.717) is 13.2 Å². The van der Waals surface area contributed by atoms with Gasteiger partial charge in [-0.05, 0) is 17.7 Å². The van der Waals surface area contributed by atoms with Crippen molar-refractivity contribution in [3.8, 4) is 0 Å². The molecular formula is C20H26FN2OS+. The fourth-order valence-corrected chi connectivity index (χ4v) is 3.62. The summed E-state index contributed by atoms with van der Waals surface area (Å²) < 4.78 is 19.7. The molecular weight excluding hydrogens is 335 g/mol. The lowest BCUT2D eigenvalue weighted by atomic mass is 10.2. The molecule has 0 spiro atoms. The standard InChI is InChI=1S/C20H25FN2OS/c21-19-8-4-5-9-20(19)23-12-10-22(11-13-23)14-18(25)16-24-15-17-6-2-1-3-7-17/h1-9,18,25H,10-16H2/p+1/t18-/m0/s1. The molecule has 3 nitrogen and oxygen atoms in total. The lowest BCUT2D eigenvalue weighted by molar-refractivity contribution is -0.900. The third-order valence-electron chi connectivity index (χ3n) is 4.61. The smallest absolute Gasteiger partial charge is 0.146 e. The van der Waals surface area contributed by atoms with Crippen molar-refractivity contribution in [2.75, 3.05) is 44.2 Å². The van der Waals surface area contributed by atoms with E-state index in [4.69, 9.17) is 4.74 Å². The number of anilines is 1. The number of benzene rings is 2. The largest absolute Gasteiger partial charge is 0.375 e. The number of piperazine rings is 1. The topological polar surface area (TPSA) is 16.9 Å². The number of nitrogens with one attached hydrogen (secondary N) is 1. The molecule has 5 heteroatoms. The first-order valence-electron chi connectivity index (χ1n) is 8.85. The van der Waals surface area contributed by atoms with Gasteiger partial charge in [0.05, 0.1) is 56.9 Å². The maximum absolute atomic E-state index is 13.9. The number of rotatable bonds is 7. The zero-order valence-corrected chi connectivity index (χ0v) is 15.3. The van der Waals surface area contributed by atoms with Crippen molar-refractivity contribution in [1.82, 2.24) is 0 Å². The number of hydrogen-bond acceptors (Lipinski definition) is 3. The van der Waals surface area contributed by atoms with E-state index >= 15 is 0 Å². The lowest BCUT2D eigenvalue weighted by Gasteiger charge is -2.34. The minimum atomic E-state index is -0.132. The van der Waals surface area contributed by atoms with Crippen LogP contribution in [0.25, 0.3) is 0 Å². The molecule has 0 aromatic heterocycles. The van der Waals surface area contributed by atoms with E-state index < -0.39 is 0 Å². The minimum Gasteiger partial charge on any atom is -0.375 e. The van der Waals surface area contributed by atoms with Crippen LogP contribution in [0.15, 0.2) is 54.6 Å². The molecule has 2 aromatic carbocycles. The second kappa shape index (κ2) is 9.22. The molecule has 1 saturated heterocycles. The molecule has 1 heterocycles. The number of halogens is 1. The van der Waals surface area contributed by atoms with E-state index in [-0.39, 0.29) is 11.1 Å². The van der Waals surface area contributed by atoms with Gasteiger partial charge in [0.25, 0.3) is 0 Å². The molecule has 0 bridgehead atoms. The van der Waals surface area contributed by atoms with E-state index in [1.807, 2.05) is 30.3 Å². The molecule has 134 valence electrons. The molecule has 0 aliphatic carbocycles. The number of quaternary nitrogens is 1. The van der Waals surface area contributed by atoms with Crippen LogP contribution in [0, 0.1) is 5.82 Å². The highest BCUT2D eigenvalue weighted by Gasteiger charge is 2.23. The van der Waals surface area contributed by atoms with Gasteiger partial charge in [0, 0.05) is 0 Å². The monoisotopic (exact) mass is 361 g/mol. The Morgan fingerprint density at radius 2 is 1.72 bits per heavy atom. The van der Waals surface area contributed by atoms with Gasteiger partial charge < -0.3 is 14.5 Å². The van der Waals surface area contributed by atoms with Crippen molar-refractivity contribution in [2.24, 2.45) is 0 Å². The third-order valence-corrected chi connectivity index (χ3v) is 4.94. The zero-order valence-electron chi connectivity index (χ0n) is 14.4. The molecule has 0 amide bonds. The summed E-state index contributed by atoms with van der Waals surface area (Å²) in [5.74, 6) is -0.132. The summed E-state index contributed by atoms with van der Waals surface area (Å²) in [4.78, 5) is 3.65. The molecule has 1 N–H and O–H groups in total. The van der Waals surface area contributed by atoms with Crippen LogP contribution in [0.3, 0.4) is 0 Å². The minimum absolute atomic E-state index is 0.132. The number of ether oxygens (including phenoxy) is 1. The fourth-order valence-electron chi connectivity index (χ4n) is 3.26. The fraction of sp³-hybridized carbons (Fsp3) is 0.400. The molecule has 1 aliphatic heterocycles. The van der Waals surface area contributed by atoms with Crippen LogP contribution in [0.4, 0.5) is 10.1 Å². The average molecular weight is 362 g/mol. The van der Waals surface area contributed by atoms with E-state index in [1.165, 1.54) is 16.5 Å². The van der Waals surface area contributed by atoms with Crippen molar-refractivity contribution < 1.29 is 14.0 Å². The first kappa shape index (κ1) is 18.2. The van der Waals surface area contributed by atoms with Gasteiger partial charge in [0.15, 0.2) is 0 Å². The Kier molecular flexibility index (Phi) is 6.73. The van der Waals surface area contributed by atoms with Gasteiger partial charge in [-0.15, -0.1) is 0 Å². The van der Waals surface area contributed by atoms with Gasteiger partial charge in [0.1, 0.15) is 5.82 Å². The van der Waals surface area contributed by atoms with Crippen LogP contribution < -0.4 is 9.80 Å². The SMILES string of the molecule is Fc1ccccc1N1CC[NH+](C[C@H](S)COCc2ccccc2)CC1.